The second-order valence-electron chi connectivity index (χ2n) is 6.46. The van der Waals surface area contributed by atoms with Crippen LogP contribution in [0.4, 0.5) is 0 Å². The van der Waals surface area contributed by atoms with E-state index in [1.807, 2.05) is 17.0 Å². The van der Waals surface area contributed by atoms with Gasteiger partial charge in [0.2, 0.25) is 5.91 Å². The first kappa shape index (κ1) is 17.3. The lowest BCUT2D eigenvalue weighted by Gasteiger charge is -2.38. The number of carbonyl (C=O) groups excluding carboxylic acids is 1. The van der Waals surface area contributed by atoms with Gasteiger partial charge in [-0.05, 0) is 36.8 Å². The number of hydrogen-bond acceptors (Lipinski definition) is 5. The molecule has 2 saturated heterocycles. The summed E-state index contributed by atoms with van der Waals surface area (Å²) in [5.74, 6) is 0.677. The summed E-state index contributed by atoms with van der Waals surface area (Å²) in [4.78, 5) is 18.5. The summed E-state index contributed by atoms with van der Waals surface area (Å²) in [6, 6.07) is 3.98. The van der Waals surface area contributed by atoms with Gasteiger partial charge in [0, 0.05) is 32.2 Å². The van der Waals surface area contributed by atoms with Gasteiger partial charge in [0.25, 0.3) is 0 Å². The van der Waals surface area contributed by atoms with E-state index >= 15 is 0 Å². The van der Waals surface area contributed by atoms with E-state index in [1.165, 1.54) is 0 Å². The molecule has 1 amide bonds. The Balaban J connectivity index is 1.47. The highest BCUT2D eigenvalue weighted by Gasteiger charge is 2.30. The highest BCUT2D eigenvalue weighted by molar-refractivity contribution is 5.77. The minimum absolute atomic E-state index is 0.0549. The van der Waals surface area contributed by atoms with E-state index < -0.39 is 0 Å². The normalized spacial score (nSPS) is 22.5. The van der Waals surface area contributed by atoms with Gasteiger partial charge in [0.1, 0.15) is 6.61 Å². The maximum atomic E-state index is 12.5. The molecule has 1 atom stereocenters. The zero-order chi connectivity index (χ0) is 16.6. The van der Waals surface area contributed by atoms with Crippen LogP contribution in [-0.2, 0) is 25.6 Å². The van der Waals surface area contributed by atoms with E-state index in [1.54, 1.807) is 12.4 Å². The molecule has 3 heterocycles. The van der Waals surface area contributed by atoms with Crippen molar-refractivity contribution in [3.8, 4) is 0 Å². The summed E-state index contributed by atoms with van der Waals surface area (Å²) < 4.78 is 16.6. The Morgan fingerprint density at radius 1 is 1.29 bits per heavy atom. The van der Waals surface area contributed by atoms with Gasteiger partial charge in [-0.25, -0.2) is 0 Å². The summed E-state index contributed by atoms with van der Waals surface area (Å²) in [5, 5.41) is 0. The fraction of sp³-hybridized carbons (Fsp3) is 0.667. The van der Waals surface area contributed by atoms with Crippen LogP contribution in [0.25, 0.3) is 0 Å². The summed E-state index contributed by atoms with van der Waals surface area (Å²) >= 11 is 0. The van der Waals surface area contributed by atoms with Crippen LogP contribution in [0.1, 0.15) is 24.8 Å². The minimum Gasteiger partial charge on any atom is -0.381 e. The summed E-state index contributed by atoms with van der Waals surface area (Å²) in [6.45, 7) is 4.09. The van der Waals surface area contributed by atoms with Crippen molar-refractivity contribution in [2.45, 2.75) is 31.9 Å². The quantitative estimate of drug-likeness (QED) is 0.791. The number of pyridine rings is 1. The molecule has 6 nitrogen and oxygen atoms in total. The largest absolute Gasteiger partial charge is 0.381 e. The number of hydrogen-bond donors (Lipinski definition) is 0. The van der Waals surface area contributed by atoms with Crippen LogP contribution in [0.15, 0.2) is 24.5 Å². The van der Waals surface area contributed by atoms with Gasteiger partial charge in [-0.1, -0.05) is 6.07 Å². The van der Waals surface area contributed by atoms with Crippen molar-refractivity contribution in [3.05, 3.63) is 30.1 Å². The molecular weight excluding hydrogens is 308 g/mol. The molecule has 0 saturated carbocycles. The van der Waals surface area contributed by atoms with Crippen LogP contribution >= 0.6 is 0 Å². The predicted molar refractivity (Wildman–Crippen MR) is 88.4 cm³/mol. The van der Waals surface area contributed by atoms with Crippen molar-refractivity contribution in [1.82, 2.24) is 9.88 Å². The highest BCUT2D eigenvalue weighted by atomic mass is 16.5. The van der Waals surface area contributed by atoms with Crippen LogP contribution in [0, 0.1) is 5.92 Å². The molecular formula is C18H26N2O4. The second kappa shape index (κ2) is 9.11. The fourth-order valence-electron chi connectivity index (χ4n) is 3.37. The van der Waals surface area contributed by atoms with Crippen LogP contribution < -0.4 is 0 Å². The number of amides is 1. The lowest BCUT2D eigenvalue weighted by atomic mass is 9.91. The molecule has 0 aliphatic carbocycles. The Labute approximate surface area is 143 Å². The molecule has 24 heavy (non-hydrogen) atoms. The van der Waals surface area contributed by atoms with Crippen LogP contribution in [0.3, 0.4) is 0 Å². The monoisotopic (exact) mass is 334 g/mol. The maximum absolute atomic E-state index is 12.5. The molecule has 0 unspecified atom stereocenters. The predicted octanol–water partition coefficient (Wildman–Crippen LogP) is 1.64. The Kier molecular flexibility index (Phi) is 6.57. The maximum Gasteiger partial charge on any atom is 0.248 e. The van der Waals surface area contributed by atoms with Crippen molar-refractivity contribution in [2.75, 3.05) is 39.6 Å². The third-order valence-electron chi connectivity index (χ3n) is 4.71. The standard InChI is InChI=1S/C18H26N2O4/c21-18(14-24-12-16-2-1-5-19-11-16)20-6-9-23-13-17(20)10-15-3-7-22-8-4-15/h1-2,5,11,15,17H,3-4,6-10,12-14H2/t17-/m0/s1. The molecule has 0 spiro atoms. The molecule has 6 heteroatoms. The SMILES string of the molecule is O=C(COCc1cccnc1)N1CCOC[C@@H]1CC1CCOCC1. The second-order valence-corrected chi connectivity index (χ2v) is 6.46. The molecule has 3 rings (SSSR count). The van der Waals surface area contributed by atoms with Crippen LogP contribution in [0.5, 0.6) is 0 Å². The molecule has 0 N–H and O–H groups in total. The van der Waals surface area contributed by atoms with Gasteiger partial charge in [-0.2, -0.15) is 0 Å². The third kappa shape index (κ3) is 5.00. The molecule has 0 bridgehead atoms. The van der Waals surface area contributed by atoms with E-state index in [9.17, 15) is 4.79 Å². The molecule has 1 aromatic heterocycles. The van der Waals surface area contributed by atoms with Crippen molar-refractivity contribution in [1.29, 1.82) is 0 Å². The van der Waals surface area contributed by atoms with Gasteiger partial charge < -0.3 is 19.1 Å². The fourth-order valence-corrected chi connectivity index (χ4v) is 3.37. The lowest BCUT2D eigenvalue weighted by molar-refractivity contribution is -0.146. The van der Waals surface area contributed by atoms with Gasteiger partial charge in [-0.3, -0.25) is 9.78 Å². The highest BCUT2D eigenvalue weighted by Crippen LogP contribution is 2.24. The average molecular weight is 334 g/mol. The average Bonchev–Trinajstić information content (AvgIpc) is 2.64. The minimum atomic E-state index is 0.0549. The van der Waals surface area contributed by atoms with Gasteiger partial charge >= 0.3 is 0 Å². The summed E-state index contributed by atoms with van der Waals surface area (Å²) in [5.41, 5.74) is 0.978. The molecule has 2 aliphatic rings. The van der Waals surface area contributed by atoms with E-state index in [0.29, 0.717) is 32.3 Å². The number of ether oxygens (including phenoxy) is 3. The first-order valence-corrected chi connectivity index (χ1v) is 8.74. The number of morpholine rings is 1. The van der Waals surface area contributed by atoms with Gasteiger partial charge in [0.05, 0.1) is 25.9 Å². The van der Waals surface area contributed by atoms with Gasteiger partial charge in [-0.15, -0.1) is 0 Å². The number of carbonyl (C=O) groups is 1. The van der Waals surface area contributed by atoms with Crippen molar-refractivity contribution in [2.24, 2.45) is 5.92 Å². The van der Waals surface area contributed by atoms with Gasteiger partial charge in [0.15, 0.2) is 0 Å². The van der Waals surface area contributed by atoms with Crippen LogP contribution in [0.2, 0.25) is 0 Å². The zero-order valence-corrected chi connectivity index (χ0v) is 14.1. The van der Waals surface area contributed by atoms with Crippen LogP contribution in [-0.4, -0.2) is 61.4 Å². The van der Waals surface area contributed by atoms with Crippen molar-refractivity contribution in [3.63, 3.8) is 0 Å². The topological polar surface area (TPSA) is 60.9 Å². The summed E-state index contributed by atoms with van der Waals surface area (Å²) in [7, 11) is 0. The molecule has 2 aliphatic heterocycles. The molecule has 0 radical (unpaired) electrons. The molecule has 1 aromatic rings. The first-order chi connectivity index (χ1) is 11.8. The van der Waals surface area contributed by atoms with E-state index in [2.05, 4.69) is 4.98 Å². The molecule has 132 valence electrons. The number of nitrogens with zero attached hydrogens (tertiary/aromatic N) is 2. The smallest absolute Gasteiger partial charge is 0.248 e. The molecule has 2 fully saturated rings. The third-order valence-corrected chi connectivity index (χ3v) is 4.71. The van der Waals surface area contributed by atoms with Crippen molar-refractivity contribution >= 4 is 5.91 Å². The Morgan fingerprint density at radius 2 is 2.17 bits per heavy atom. The number of aromatic nitrogens is 1. The Bertz CT molecular complexity index is 505. The van der Waals surface area contributed by atoms with E-state index in [-0.39, 0.29) is 18.6 Å². The van der Waals surface area contributed by atoms with Crippen molar-refractivity contribution < 1.29 is 19.0 Å². The summed E-state index contributed by atoms with van der Waals surface area (Å²) in [6.07, 6.45) is 6.64. The molecule has 0 aromatic carbocycles. The van der Waals surface area contributed by atoms with E-state index in [0.717, 1.165) is 38.0 Å². The zero-order valence-electron chi connectivity index (χ0n) is 14.1. The number of rotatable bonds is 6. The lowest BCUT2D eigenvalue weighted by Crippen LogP contribution is -2.50. The van der Waals surface area contributed by atoms with E-state index in [4.69, 9.17) is 14.2 Å². The Morgan fingerprint density at radius 3 is 2.96 bits per heavy atom. The Hall–Kier alpha value is -1.50. The first-order valence-electron chi connectivity index (χ1n) is 8.74.